The van der Waals surface area contributed by atoms with E-state index in [1.165, 1.54) is 41.5 Å². The lowest BCUT2D eigenvalue weighted by Gasteiger charge is -2.33. The van der Waals surface area contributed by atoms with E-state index in [-0.39, 0.29) is 10.8 Å². The molecular formula is C28H40O2. The third-order valence-electron chi connectivity index (χ3n) is 6.94. The first kappa shape index (κ1) is 22.7. The Morgan fingerprint density at radius 1 is 0.667 bits per heavy atom. The van der Waals surface area contributed by atoms with E-state index >= 15 is 0 Å². The van der Waals surface area contributed by atoms with Gasteiger partial charge in [-0.05, 0) is 101 Å². The number of phenolic OH excluding ortho intramolecular Hbond substituents is 2. The minimum atomic E-state index is -0.0737. The molecule has 0 bridgehead atoms. The van der Waals surface area contributed by atoms with E-state index in [2.05, 4.69) is 67.5 Å². The average molecular weight is 409 g/mol. The molecule has 2 aromatic rings. The fraction of sp³-hybridized carbons (Fsp3) is 0.571. The Morgan fingerprint density at radius 2 is 1.03 bits per heavy atom. The van der Waals surface area contributed by atoms with Crippen molar-refractivity contribution in [3.63, 3.8) is 0 Å². The van der Waals surface area contributed by atoms with Crippen LogP contribution in [0.5, 0.6) is 11.5 Å². The molecule has 0 amide bonds. The molecule has 0 aliphatic heterocycles. The molecule has 2 aromatic carbocycles. The SMILES string of the molecule is Cc1cc(O)c(C(C)(C)C)cc1C1CCCC(c2cc(C(C)(C)C)c(O)cc2C)C1. The van der Waals surface area contributed by atoms with Crippen LogP contribution in [0.4, 0.5) is 0 Å². The van der Waals surface area contributed by atoms with E-state index in [0.29, 0.717) is 23.3 Å². The molecule has 0 radical (unpaired) electrons. The molecule has 0 saturated heterocycles. The highest BCUT2D eigenvalue weighted by Gasteiger charge is 2.30. The van der Waals surface area contributed by atoms with Crippen LogP contribution in [0.15, 0.2) is 24.3 Å². The van der Waals surface area contributed by atoms with Gasteiger partial charge in [0, 0.05) is 0 Å². The van der Waals surface area contributed by atoms with Crippen LogP contribution in [0, 0.1) is 13.8 Å². The van der Waals surface area contributed by atoms with E-state index < -0.39 is 0 Å². The first-order valence-corrected chi connectivity index (χ1v) is 11.5. The van der Waals surface area contributed by atoms with Gasteiger partial charge in [0.1, 0.15) is 11.5 Å². The summed E-state index contributed by atoms with van der Waals surface area (Å²) in [5.41, 5.74) is 7.13. The lowest BCUT2D eigenvalue weighted by molar-refractivity contribution is 0.388. The summed E-state index contributed by atoms with van der Waals surface area (Å²) in [6.45, 7) is 17.3. The molecule has 2 heteroatoms. The fourth-order valence-corrected chi connectivity index (χ4v) is 5.25. The van der Waals surface area contributed by atoms with Gasteiger partial charge in [-0.3, -0.25) is 0 Å². The van der Waals surface area contributed by atoms with Crippen LogP contribution < -0.4 is 0 Å². The van der Waals surface area contributed by atoms with Crippen LogP contribution in [-0.2, 0) is 10.8 Å². The van der Waals surface area contributed by atoms with Crippen molar-refractivity contribution in [2.75, 3.05) is 0 Å². The highest BCUT2D eigenvalue weighted by atomic mass is 16.3. The summed E-state index contributed by atoms with van der Waals surface area (Å²) in [5.74, 6) is 1.86. The van der Waals surface area contributed by atoms with E-state index in [0.717, 1.165) is 17.5 Å². The Labute approximate surface area is 183 Å². The molecule has 0 spiro atoms. The fourth-order valence-electron chi connectivity index (χ4n) is 5.25. The minimum Gasteiger partial charge on any atom is -0.508 e. The average Bonchev–Trinajstić information content (AvgIpc) is 2.59. The van der Waals surface area contributed by atoms with Crippen LogP contribution >= 0.6 is 0 Å². The molecule has 2 atom stereocenters. The zero-order valence-corrected chi connectivity index (χ0v) is 20.2. The van der Waals surface area contributed by atoms with Gasteiger partial charge in [0.15, 0.2) is 0 Å². The summed E-state index contributed by atoms with van der Waals surface area (Å²) in [6.07, 6.45) is 4.75. The summed E-state index contributed by atoms with van der Waals surface area (Å²) < 4.78 is 0. The zero-order valence-electron chi connectivity index (χ0n) is 20.2. The number of aryl methyl sites for hydroxylation is 2. The molecule has 0 heterocycles. The molecule has 1 aliphatic rings. The summed E-state index contributed by atoms with van der Waals surface area (Å²) in [5, 5.41) is 21.1. The molecule has 1 aliphatic carbocycles. The van der Waals surface area contributed by atoms with Crippen LogP contribution in [0.3, 0.4) is 0 Å². The predicted octanol–water partition coefficient (Wildman–Crippen LogP) is 7.75. The summed E-state index contributed by atoms with van der Waals surface area (Å²) in [4.78, 5) is 0. The van der Waals surface area contributed by atoms with Gasteiger partial charge in [-0.2, -0.15) is 0 Å². The Balaban J connectivity index is 1.98. The molecule has 30 heavy (non-hydrogen) atoms. The van der Waals surface area contributed by atoms with Gasteiger partial charge in [-0.1, -0.05) is 60.1 Å². The largest absolute Gasteiger partial charge is 0.508 e. The van der Waals surface area contributed by atoms with Crippen molar-refractivity contribution in [3.05, 3.63) is 57.6 Å². The Hall–Kier alpha value is -1.96. The van der Waals surface area contributed by atoms with Gasteiger partial charge >= 0.3 is 0 Å². The Morgan fingerprint density at radius 3 is 1.37 bits per heavy atom. The maximum absolute atomic E-state index is 10.5. The Bertz CT molecular complexity index is 850. The van der Waals surface area contributed by atoms with Crippen molar-refractivity contribution in [2.45, 2.75) is 104 Å². The van der Waals surface area contributed by atoms with Gasteiger partial charge in [-0.25, -0.2) is 0 Å². The number of aromatic hydroxyl groups is 2. The maximum Gasteiger partial charge on any atom is 0.119 e. The van der Waals surface area contributed by atoms with Crippen LogP contribution in [0.1, 0.15) is 112 Å². The van der Waals surface area contributed by atoms with Gasteiger partial charge < -0.3 is 10.2 Å². The first-order valence-electron chi connectivity index (χ1n) is 11.5. The van der Waals surface area contributed by atoms with Gasteiger partial charge in [0.05, 0.1) is 0 Å². The second kappa shape index (κ2) is 7.94. The molecule has 3 rings (SSSR count). The zero-order chi connectivity index (χ0) is 22.4. The normalized spacial score (nSPS) is 20.4. The molecule has 164 valence electrons. The molecule has 2 N–H and O–H groups in total. The smallest absolute Gasteiger partial charge is 0.119 e. The van der Waals surface area contributed by atoms with Crippen molar-refractivity contribution in [1.29, 1.82) is 0 Å². The first-order chi connectivity index (χ1) is 13.8. The summed E-state index contributed by atoms with van der Waals surface area (Å²) >= 11 is 0. The third-order valence-corrected chi connectivity index (χ3v) is 6.94. The highest BCUT2D eigenvalue weighted by molar-refractivity contribution is 5.48. The van der Waals surface area contributed by atoms with Crippen LogP contribution in [0.2, 0.25) is 0 Å². The number of benzene rings is 2. The van der Waals surface area contributed by atoms with Gasteiger partial charge in [-0.15, -0.1) is 0 Å². The second-order valence-electron chi connectivity index (χ2n) is 11.5. The molecular weight excluding hydrogens is 368 g/mol. The predicted molar refractivity (Wildman–Crippen MR) is 127 cm³/mol. The maximum atomic E-state index is 10.5. The van der Waals surface area contributed by atoms with Gasteiger partial charge in [0.25, 0.3) is 0 Å². The minimum absolute atomic E-state index is 0.0737. The van der Waals surface area contributed by atoms with Crippen LogP contribution in [-0.4, -0.2) is 10.2 Å². The van der Waals surface area contributed by atoms with E-state index in [1.807, 2.05) is 12.1 Å². The van der Waals surface area contributed by atoms with E-state index in [1.54, 1.807) is 0 Å². The number of rotatable bonds is 2. The topological polar surface area (TPSA) is 40.5 Å². The molecule has 2 unspecified atom stereocenters. The summed E-state index contributed by atoms with van der Waals surface area (Å²) in [7, 11) is 0. The molecule has 2 nitrogen and oxygen atoms in total. The molecule has 1 fully saturated rings. The van der Waals surface area contributed by atoms with Gasteiger partial charge in [0.2, 0.25) is 0 Å². The highest BCUT2D eigenvalue weighted by Crippen LogP contribution is 2.46. The summed E-state index contributed by atoms with van der Waals surface area (Å²) in [6, 6.07) is 8.45. The van der Waals surface area contributed by atoms with Crippen LogP contribution in [0.25, 0.3) is 0 Å². The Kier molecular flexibility index (Phi) is 6.02. The number of phenols is 2. The quantitative estimate of drug-likeness (QED) is 0.533. The van der Waals surface area contributed by atoms with Crippen molar-refractivity contribution in [2.24, 2.45) is 0 Å². The standard InChI is InChI=1S/C28H40O2/c1-17-12-25(29)23(27(3,4)5)15-21(17)19-10-9-11-20(14-19)22-16-24(28(6,7)8)26(30)13-18(22)2/h12-13,15-16,19-20,29-30H,9-11,14H2,1-8H3. The van der Waals surface area contributed by atoms with Crippen molar-refractivity contribution >= 4 is 0 Å². The lowest BCUT2D eigenvalue weighted by atomic mass is 9.71. The number of hydrogen-bond donors (Lipinski definition) is 2. The lowest BCUT2D eigenvalue weighted by Crippen LogP contribution is -2.18. The number of hydrogen-bond acceptors (Lipinski definition) is 2. The van der Waals surface area contributed by atoms with E-state index in [4.69, 9.17) is 0 Å². The van der Waals surface area contributed by atoms with E-state index in [9.17, 15) is 10.2 Å². The monoisotopic (exact) mass is 408 g/mol. The molecule has 0 aromatic heterocycles. The van der Waals surface area contributed by atoms with Crippen molar-refractivity contribution < 1.29 is 10.2 Å². The molecule has 1 saturated carbocycles. The van der Waals surface area contributed by atoms with Crippen molar-refractivity contribution in [3.8, 4) is 11.5 Å². The second-order valence-corrected chi connectivity index (χ2v) is 11.5. The van der Waals surface area contributed by atoms with Crippen molar-refractivity contribution in [1.82, 2.24) is 0 Å². The third kappa shape index (κ3) is 4.53.